The van der Waals surface area contributed by atoms with E-state index < -0.39 is 0 Å². The highest BCUT2D eigenvalue weighted by Gasteiger charge is 2.32. The molecule has 0 spiro atoms. The number of allylic oxidation sites excluding steroid dienone is 9. The molecule has 0 N–H and O–H groups in total. The minimum Gasteiger partial charge on any atom is -0.447 e. The van der Waals surface area contributed by atoms with Crippen molar-refractivity contribution in [2.75, 3.05) is 13.2 Å². The van der Waals surface area contributed by atoms with Gasteiger partial charge in [0.25, 0.3) is 0 Å². The summed E-state index contributed by atoms with van der Waals surface area (Å²) in [6, 6.07) is 1.97. The smallest absolute Gasteiger partial charge is 0.414 e. The van der Waals surface area contributed by atoms with Gasteiger partial charge in [-0.3, -0.25) is 9.89 Å². The molecule has 7 heteroatoms. The lowest BCUT2D eigenvalue weighted by molar-refractivity contribution is 0.165. The van der Waals surface area contributed by atoms with Crippen LogP contribution in [0.5, 0.6) is 0 Å². The predicted octanol–water partition coefficient (Wildman–Crippen LogP) is 4.61. The van der Waals surface area contributed by atoms with E-state index in [1.165, 1.54) is 5.57 Å². The number of fused-ring (bicyclic) bond motifs is 3. The van der Waals surface area contributed by atoms with E-state index in [9.17, 15) is 4.79 Å². The standard InChI is InChI=1S/C25H25N5O2/c1-3-20(29-12-13-32-25(29)31)10-7-11-22-21(18-8-5-4-6-9-18)15-19-16-26-23-14-17(2)28-30(23)24(19)27-22/h3-8,10-11,14-16,18-19,24H,1,9,12-13H2,2H3/b11-7+,20-10+. The molecule has 5 rings (SSSR count). The van der Waals surface area contributed by atoms with Crippen molar-refractivity contribution in [1.29, 1.82) is 0 Å². The molecule has 3 unspecified atom stereocenters. The Kier molecular flexibility index (Phi) is 5.31. The van der Waals surface area contributed by atoms with Gasteiger partial charge in [0.2, 0.25) is 0 Å². The van der Waals surface area contributed by atoms with Crippen LogP contribution in [-0.2, 0) is 4.74 Å². The predicted molar refractivity (Wildman–Crippen MR) is 125 cm³/mol. The van der Waals surface area contributed by atoms with E-state index in [1.54, 1.807) is 11.0 Å². The Bertz CT molecular complexity index is 1160. The van der Waals surface area contributed by atoms with Crippen LogP contribution in [0, 0.1) is 18.8 Å². The van der Waals surface area contributed by atoms with Gasteiger partial charge in [-0.25, -0.2) is 14.5 Å². The van der Waals surface area contributed by atoms with Gasteiger partial charge in [0.15, 0.2) is 12.0 Å². The Morgan fingerprint density at radius 1 is 1.34 bits per heavy atom. The first-order valence-corrected chi connectivity index (χ1v) is 10.8. The second-order valence-electron chi connectivity index (χ2n) is 8.07. The summed E-state index contributed by atoms with van der Waals surface area (Å²) in [6.45, 7) is 6.73. The van der Waals surface area contributed by atoms with Crippen molar-refractivity contribution in [1.82, 2.24) is 14.7 Å². The summed E-state index contributed by atoms with van der Waals surface area (Å²) in [5.41, 5.74) is 3.72. The Morgan fingerprint density at radius 3 is 3.00 bits per heavy atom. The lowest BCUT2D eigenvalue weighted by Crippen LogP contribution is -2.28. The van der Waals surface area contributed by atoms with Crippen LogP contribution in [0.2, 0.25) is 0 Å². The molecular weight excluding hydrogens is 402 g/mol. The maximum Gasteiger partial charge on any atom is 0.414 e. The third-order valence-electron chi connectivity index (χ3n) is 5.93. The van der Waals surface area contributed by atoms with Crippen LogP contribution in [0.25, 0.3) is 0 Å². The van der Waals surface area contributed by atoms with Gasteiger partial charge < -0.3 is 4.74 Å². The molecule has 1 aromatic rings. The second kappa shape index (κ2) is 8.42. The first-order chi connectivity index (χ1) is 15.6. The van der Waals surface area contributed by atoms with E-state index in [0.29, 0.717) is 18.8 Å². The fraction of sp³-hybridized carbons (Fsp3) is 0.280. The number of hydrogen-bond acceptors (Lipinski definition) is 5. The van der Waals surface area contributed by atoms with Crippen LogP contribution in [-0.4, -0.2) is 45.9 Å². The third-order valence-corrected chi connectivity index (χ3v) is 5.93. The van der Waals surface area contributed by atoms with Gasteiger partial charge in [-0.15, -0.1) is 0 Å². The van der Waals surface area contributed by atoms with Crippen LogP contribution < -0.4 is 0 Å². The molecule has 32 heavy (non-hydrogen) atoms. The van der Waals surface area contributed by atoms with Crippen LogP contribution in [0.15, 0.2) is 88.6 Å². The number of aryl methyl sites for hydroxylation is 1. The summed E-state index contributed by atoms with van der Waals surface area (Å²) in [7, 11) is 0. The quantitative estimate of drug-likeness (QED) is 0.644. The van der Waals surface area contributed by atoms with Gasteiger partial charge in [-0.1, -0.05) is 43.0 Å². The van der Waals surface area contributed by atoms with E-state index in [0.717, 1.165) is 23.6 Å². The van der Waals surface area contributed by atoms with Gasteiger partial charge in [-0.05, 0) is 37.1 Å². The first-order valence-electron chi connectivity index (χ1n) is 10.8. The van der Waals surface area contributed by atoms with Crippen LogP contribution in [0.4, 0.5) is 10.6 Å². The van der Waals surface area contributed by atoms with Crippen molar-refractivity contribution in [3.05, 3.63) is 84.3 Å². The van der Waals surface area contributed by atoms with Crippen molar-refractivity contribution in [3.63, 3.8) is 0 Å². The van der Waals surface area contributed by atoms with Gasteiger partial charge >= 0.3 is 6.09 Å². The molecule has 4 heterocycles. The van der Waals surface area contributed by atoms with Crippen LogP contribution in [0.3, 0.4) is 0 Å². The maximum absolute atomic E-state index is 11.9. The summed E-state index contributed by atoms with van der Waals surface area (Å²) in [5.74, 6) is 1.15. The molecule has 1 aliphatic carbocycles. The largest absolute Gasteiger partial charge is 0.447 e. The molecular formula is C25H25N5O2. The summed E-state index contributed by atoms with van der Waals surface area (Å²) >= 11 is 0. The molecule has 4 aliphatic rings. The van der Waals surface area contributed by atoms with Crippen molar-refractivity contribution < 1.29 is 9.53 Å². The number of aromatic nitrogens is 2. The van der Waals surface area contributed by atoms with E-state index in [4.69, 9.17) is 9.73 Å². The number of ether oxygens (including phenoxy) is 1. The third kappa shape index (κ3) is 3.70. The zero-order valence-electron chi connectivity index (χ0n) is 18.0. The molecule has 1 fully saturated rings. The van der Waals surface area contributed by atoms with Crippen LogP contribution >= 0.6 is 0 Å². The second-order valence-corrected chi connectivity index (χ2v) is 8.07. The van der Waals surface area contributed by atoms with Gasteiger partial charge in [0.05, 0.1) is 23.9 Å². The number of dihydropyridines is 1. The average molecular weight is 428 g/mol. The molecule has 3 aliphatic heterocycles. The number of hydrogen-bond donors (Lipinski definition) is 0. The zero-order valence-corrected chi connectivity index (χ0v) is 18.0. The lowest BCUT2D eigenvalue weighted by atomic mass is 9.84. The highest BCUT2D eigenvalue weighted by molar-refractivity contribution is 6.10. The van der Waals surface area contributed by atoms with E-state index >= 15 is 0 Å². The molecule has 1 aromatic heterocycles. The lowest BCUT2D eigenvalue weighted by Gasteiger charge is -2.31. The molecule has 1 amide bonds. The van der Waals surface area contributed by atoms with Crippen molar-refractivity contribution >= 4 is 23.8 Å². The first kappa shape index (κ1) is 20.2. The molecule has 0 radical (unpaired) electrons. The number of nitrogens with zero attached hydrogens (tertiary/aromatic N) is 5. The zero-order chi connectivity index (χ0) is 22.1. The fourth-order valence-corrected chi connectivity index (χ4v) is 4.37. The summed E-state index contributed by atoms with van der Waals surface area (Å²) in [5, 5.41) is 4.62. The Labute approximate surface area is 187 Å². The maximum atomic E-state index is 11.9. The van der Waals surface area contributed by atoms with E-state index in [-0.39, 0.29) is 24.1 Å². The van der Waals surface area contributed by atoms with Crippen LogP contribution in [0.1, 0.15) is 18.3 Å². The SMILES string of the molecule is C=C/C(=C\C=C\C1=NC2C(C=Nc3cc(C)nn32)C=C1C1C=CC=CC1)N1CCOC1=O. The van der Waals surface area contributed by atoms with Gasteiger partial charge in [0.1, 0.15) is 6.61 Å². The average Bonchev–Trinajstić information content (AvgIpc) is 3.41. The summed E-state index contributed by atoms with van der Waals surface area (Å²) in [6.07, 6.45) is 20.7. The molecule has 0 saturated carbocycles. The van der Waals surface area contributed by atoms with Crippen molar-refractivity contribution in [3.8, 4) is 0 Å². The number of carbonyl (C=O) groups excluding carboxylic acids is 1. The number of amides is 1. The monoisotopic (exact) mass is 427 g/mol. The molecule has 1 saturated heterocycles. The van der Waals surface area contributed by atoms with E-state index in [1.807, 2.05) is 42.1 Å². The minimum atomic E-state index is -0.342. The number of aliphatic imine (C=N–C) groups is 2. The number of cyclic esters (lactones) is 1. The minimum absolute atomic E-state index is 0.0619. The topological polar surface area (TPSA) is 72.1 Å². The number of rotatable bonds is 5. The highest BCUT2D eigenvalue weighted by atomic mass is 16.6. The summed E-state index contributed by atoms with van der Waals surface area (Å²) in [4.78, 5) is 23.2. The van der Waals surface area contributed by atoms with Gasteiger partial charge in [-0.2, -0.15) is 5.10 Å². The van der Waals surface area contributed by atoms with Crippen molar-refractivity contribution in [2.45, 2.75) is 19.5 Å². The summed E-state index contributed by atoms with van der Waals surface area (Å²) < 4.78 is 6.95. The van der Waals surface area contributed by atoms with E-state index in [2.05, 4.69) is 47.1 Å². The molecule has 162 valence electrons. The Hall–Kier alpha value is -3.74. The molecule has 7 nitrogen and oxygen atoms in total. The Balaban J connectivity index is 1.49. The highest BCUT2D eigenvalue weighted by Crippen LogP contribution is 2.37. The van der Waals surface area contributed by atoms with Crippen molar-refractivity contribution in [2.24, 2.45) is 21.8 Å². The fourth-order valence-electron chi connectivity index (χ4n) is 4.37. The molecule has 0 bridgehead atoms. The number of carbonyl (C=O) groups is 1. The molecule has 3 atom stereocenters. The molecule has 0 aromatic carbocycles. The normalized spacial score (nSPS) is 26.7. The Morgan fingerprint density at radius 2 is 2.25 bits per heavy atom. The van der Waals surface area contributed by atoms with Gasteiger partial charge in [0, 0.05) is 23.9 Å².